The monoisotopic (exact) mass is 204 g/mol. The molecule has 7 heteroatoms. The molecule has 0 bridgehead atoms. The molecule has 0 amide bonds. The lowest BCUT2D eigenvalue weighted by molar-refractivity contribution is -0.166. The molecule has 0 aromatic carbocycles. The van der Waals surface area contributed by atoms with E-state index in [0.29, 0.717) is 0 Å². The van der Waals surface area contributed by atoms with Crippen LogP contribution >= 0.6 is 0 Å². The Morgan fingerprint density at radius 2 is 2.21 bits per heavy atom. The summed E-state index contributed by atoms with van der Waals surface area (Å²) in [6.07, 6.45) is -0.771. The van der Waals surface area contributed by atoms with Crippen molar-refractivity contribution in [2.75, 3.05) is 19.9 Å². The van der Waals surface area contributed by atoms with Gasteiger partial charge in [-0.15, -0.1) is 0 Å². The van der Waals surface area contributed by atoms with Gasteiger partial charge in [0.1, 0.15) is 18.6 Å². The highest BCUT2D eigenvalue weighted by molar-refractivity contribution is 5.78. The number of nitrogens with two attached hydrogens (primary N) is 1. The number of hydrazine groups is 1. The minimum Gasteiger partial charge on any atom is -0.448 e. The number of hydrogen-bond acceptors (Lipinski definition) is 7. The van der Waals surface area contributed by atoms with Crippen LogP contribution < -0.4 is 11.3 Å². The quantitative estimate of drug-likeness (QED) is 0.266. The highest BCUT2D eigenvalue weighted by Crippen LogP contribution is 2.23. The van der Waals surface area contributed by atoms with Crippen LogP contribution in [0, 0.1) is 5.41 Å². The molecule has 1 fully saturated rings. The van der Waals surface area contributed by atoms with Gasteiger partial charge < -0.3 is 14.2 Å². The van der Waals surface area contributed by atoms with Crippen molar-refractivity contribution in [2.24, 2.45) is 11.3 Å². The molecule has 14 heavy (non-hydrogen) atoms. The molecule has 0 spiro atoms. The fraction of sp³-hybridized carbons (Fsp3) is 0.714. The molecule has 1 aliphatic heterocycles. The van der Waals surface area contributed by atoms with Crippen molar-refractivity contribution < 1.29 is 23.8 Å². The maximum Gasteiger partial charge on any atom is 0.508 e. The number of ether oxygens (including phenoxy) is 3. The van der Waals surface area contributed by atoms with Crippen LogP contribution in [-0.2, 0) is 19.0 Å². The van der Waals surface area contributed by atoms with E-state index in [-0.39, 0.29) is 19.9 Å². The van der Waals surface area contributed by atoms with Crippen LogP contribution in [0.3, 0.4) is 0 Å². The lowest BCUT2D eigenvalue weighted by Crippen LogP contribution is -2.45. The largest absolute Gasteiger partial charge is 0.508 e. The molecule has 3 N–H and O–H groups in total. The number of rotatable bonds is 3. The van der Waals surface area contributed by atoms with E-state index in [1.54, 1.807) is 6.92 Å². The lowest BCUT2D eigenvalue weighted by Gasteiger charge is -2.29. The van der Waals surface area contributed by atoms with Gasteiger partial charge in [0.2, 0.25) is 0 Å². The molecular formula is C7H12N2O5. The summed E-state index contributed by atoms with van der Waals surface area (Å²) in [5, 5.41) is 0. The van der Waals surface area contributed by atoms with Crippen molar-refractivity contribution in [3.05, 3.63) is 0 Å². The number of nitrogens with one attached hydrogen (secondary N) is 1. The fourth-order valence-electron chi connectivity index (χ4n) is 0.919. The number of hydrogen-bond donors (Lipinski definition) is 2. The Bertz CT molecular complexity index is 232. The van der Waals surface area contributed by atoms with E-state index < -0.39 is 17.5 Å². The Balaban J connectivity index is 2.48. The first-order chi connectivity index (χ1) is 6.58. The van der Waals surface area contributed by atoms with E-state index in [4.69, 9.17) is 10.6 Å². The van der Waals surface area contributed by atoms with Crippen LogP contribution in [0.1, 0.15) is 6.92 Å². The Morgan fingerprint density at radius 3 is 2.71 bits per heavy atom. The van der Waals surface area contributed by atoms with Gasteiger partial charge in [-0.05, 0) is 6.92 Å². The van der Waals surface area contributed by atoms with Crippen LogP contribution in [0.5, 0.6) is 0 Å². The molecule has 0 radical (unpaired) electrons. The highest BCUT2D eigenvalue weighted by Gasteiger charge is 2.41. The van der Waals surface area contributed by atoms with E-state index in [9.17, 15) is 9.59 Å². The summed E-state index contributed by atoms with van der Waals surface area (Å²) in [5.41, 5.74) is 1.22. The molecule has 0 unspecified atom stereocenters. The minimum absolute atomic E-state index is 0.0464. The van der Waals surface area contributed by atoms with E-state index in [0.717, 1.165) is 0 Å². The van der Waals surface area contributed by atoms with E-state index in [2.05, 4.69) is 14.9 Å². The van der Waals surface area contributed by atoms with Gasteiger partial charge in [0.25, 0.3) is 0 Å². The van der Waals surface area contributed by atoms with Gasteiger partial charge in [-0.3, -0.25) is 10.6 Å². The van der Waals surface area contributed by atoms with Gasteiger partial charge >= 0.3 is 12.1 Å². The van der Waals surface area contributed by atoms with Crippen LogP contribution in [0.4, 0.5) is 4.79 Å². The second-order valence-electron chi connectivity index (χ2n) is 3.17. The third kappa shape index (κ3) is 2.33. The third-order valence-electron chi connectivity index (χ3n) is 1.80. The van der Waals surface area contributed by atoms with Crippen molar-refractivity contribution >= 4 is 12.1 Å². The summed E-state index contributed by atoms with van der Waals surface area (Å²) < 4.78 is 13.9. The van der Waals surface area contributed by atoms with Gasteiger partial charge in [0.15, 0.2) is 6.73 Å². The molecule has 80 valence electrons. The Kier molecular flexibility index (Phi) is 3.26. The number of carbonyl (C=O) groups is 2. The first kappa shape index (κ1) is 10.7. The lowest BCUT2D eigenvalue weighted by atomic mass is 9.93. The second-order valence-corrected chi connectivity index (χ2v) is 3.17. The summed E-state index contributed by atoms with van der Waals surface area (Å²) in [4.78, 5) is 22.0. The molecule has 0 saturated carbocycles. The zero-order valence-electron chi connectivity index (χ0n) is 7.74. The zero-order valence-corrected chi connectivity index (χ0v) is 7.74. The standard InChI is InChI=1S/C7H12N2O5/c1-7(5(10)14-4-9-8)2-12-6(11)13-3-7/h9H,2-4,8H2,1H3. The number of carbonyl (C=O) groups excluding carboxylic acids is 2. The van der Waals surface area contributed by atoms with E-state index in [1.165, 1.54) is 0 Å². The molecule has 0 atom stereocenters. The van der Waals surface area contributed by atoms with Crippen molar-refractivity contribution in [3.63, 3.8) is 0 Å². The minimum atomic E-state index is -0.954. The van der Waals surface area contributed by atoms with Gasteiger partial charge in [-0.2, -0.15) is 0 Å². The molecule has 7 nitrogen and oxygen atoms in total. The maximum atomic E-state index is 11.4. The number of cyclic esters (lactones) is 2. The highest BCUT2D eigenvalue weighted by atomic mass is 16.7. The van der Waals surface area contributed by atoms with Crippen LogP contribution in [0.2, 0.25) is 0 Å². The summed E-state index contributed by atoms with van der Waals surface area (Å²) in [5.74, 6) is 4.40. The Morgan fingerprint density at radius 1 is 1.64 bits per heavy atom. The molecular weight excluding hydrogens is 192 g/mol. The summed E-state index contributed by atoms with van der Waals surface area (Å²) in [6, 6.07) is 0. The van der Waals surface area contributed by atoms with Crippen molar-refractivity contribution in [1.82, 2.24) is 5.43 Å². The van der Waals surface area contributed by atoms with Gasteiger partial charge in [0, 0.05) is 0 Å². The third-order valence-corrected chi connectivity index (χ3v) is 1.80. The van der Waals surface area contributed by atoms with Crippen molar-refractivity contribution in [3.8, 4) is 0 Å². The maximum absolute atomic E-state index is 11.4. The summed E-state index contributed by atoms with van der Waals surface area (Å²) >= 11 is 0. The topological polar surface area (TPSA) is 99.9 Å². The van der Waals surface area contributed by atoms with Crippen LogP contribution in [0.15, 0.2) is 0 Å². The second kappa shape index (κ2) is 4.25. The van der Waals surface area contributed by atoms with Crippen molar-refractivity contribution in [2.45, 2.75) is 6.92 Å². The molecule has 1 saturated heterocycles. The molecule has 1 rings (SSSR count). The van der Waals surface area contributed by atoms with Gasteiger partial charge in [-0.1, -0.05) is 0 Å². The molecule has 0 aliphatic carbocycles. The zero-order chi connectivity index (χ0) is 10.6. The average Bonchev–Trinajstić information content (AvgIpc) is 2.19. The molecule has 1 aliphatic rings. The van der Waals surface area contributed by atoms with Gasteiger partial charge in [0.05, 0.1) is 0 Å². The number of esters is 1. The van der Waals surface area contributed by atoms with E-state index >= 15 is 0 Å². The Hall–Kier alpha value is -1.34. The predicted molar refractivity (Wildman–Crippen MR) is 43.7 cm³/mol. The molecule has 0 aromatic rings. The fourth-order valence-corrected chi connectivity index (χ4v) is 0.919. The smallest absolute Gasteiger partial charge is 0.448 e. The molecule has 0 aromatic heterocycles. The normalized spacial score (nSPS) is 19.4. The first-order valence-electron chi connectivity index (χ1n) is 3.99. The predicted octanol–water partition coefficient (Wildman–Crippen LogP) is -0.877. The average molecular weight is 204 g/mol. The first-order valence-corrected chi connectivity index (χ1v) is 3.99. The summed E-state index contributed by atoms with van der Waals surface area (Å²) in [6.45, 7) is 1.39. The van der Waals surface area contributed by atoms with E-state index in [1.807, 2.05) is 0 Å². The van der Waals surface area contributed by atoms with Crippen LogP contribution in [-0.4, -0.2) is 32.1 Å². The Labute approximate surface area is 80.4 Å². The summed E-state index contributed by atoms with van der Waals surface area (Å²) in [7, 11) is 0. The van der Waals surface area contributed by atoms with Crippen LogP contribution in [0.25, 0.3) is 0 Å². The SMILES string of the molecule is CC1(C(=O)OCNN)COC(=O)OC1. The molecule has 1 heterocycles. The van der Waals surface area contributed by atoms with Crippen molar-refractivity contribution in [1.29, 1.82) is 0 Å². The van der Waals surface area contributed by atoms with Gasteiger partial charge in [-0.25, -0.2) is 10.2 Å².